The van der Waals surface area contributed by atoms with Crippen molar-refractivity contribution in [3.63, 3.8) is 0 Å². The molecule has 2 rings (SSSR count). The van der Waals surface area contributed by atoms with Gasteiger partial charge in [0.1, 0.15) is 0 Å². The number of unbranched alkanes of at least 4 members (excludes halogenated alkanes) is 1. The van der Waals surface area contributed by atoms with Crippen LogP contribution in [0.5, 0.6) is 0 Å². The molecule has 146 valence electrons. The minimum atomic E-state index is 0.317. The third-order valence-corrected chi connectivity index (χ3v) is 4.51. The molecule has 0 amide bonds. The van der Waals surface area contributed by atoms with Crippen LogP contribution in [0.3, 0.4) is 0 Å². The summed E-state index contributed by atoms with van der Waals surface area (Å²) in [5.41, 5.74) is 2.59. The molecule has 1 saturated heterocycles. The van der Waals surface area contributed by atoms with E-state index in [4.69, 9.17) is 4.74 Å². The van der Waals surface area contributed by atoms with E-state index in [-0.39, 0.29) is 0 Å². The van der Waals surface area contributed by atoms with E-state index in [0.29, 0.717) is 18.8 Å². The standard InChI is InChI=1S/C21H36N4O/c1-5-7-12-23-21(22-6-2)24-13-19-8-10-20(11-9-19)16-25-14-17(3)26-18(4)15-25/h8-11,17-18H,5-7,12-16H2,1-4H3,(H2,22,23,24). The largest absolute Gasteiger partial charge is 0.373 e. The van der Waals surface area contributed by atoms with Gasteiger partial charge in [0.05, 0.1) is 18.8 Å². The zero-order valence-corrected chi connectivity index (χ0v) is 16.9. The molecule has 0 aromatic heterocycles. The molecular formula is C21H36N4O. The first kappa shape index (κ1) is 20.7. The lowest BCUT2D eigenvalue weighted by Crippen LogP contribution is -2.44. The highest BCUT2D eigenvalue weighted by molar-refractivity contribution is 5.79. The SMILES string of the molecule is CCCCNC(=NCc1ccc(CN2CC(C)OC(C)C2)cc1)NCC. The Bertz CT molecular complexity index is 533. The second kappa shape index (κ2) is 11.2. The van der Waals surface area contributed by atoms with E-state index in [2.05, 4.69) is 72.5 Å². The summed E-state index contributed by atoms with van der Waals surface area (Å²) in [6, 6.07) is 8.85. The van der Waals surface area contributed by atoms with Gasteiger partial charge < -0.3 is 15.4 Å². The summed E-state index contributed by atoms with van der Waals surface area (Å²) in [5, 5.41) is 6.69. The van der Waals surface area contributed by atoms with Crippen LogP contribution in [0.25, 0.3) is 0 Å². The Kier molecular flexibility index (Phi) is 8.92. The molecule has 0 radical (unpaired) electrons. The third kappa shape index (κ3) is 7.34. The molecule has 1 aromatic rings. The van der Waals surface area contributed by atoms with Gasteiger partial charge in [0, 0.05) is 32.7 Å². The second-order valence-electron chi connectivity index (χ2n) is 7.24. The Balaban J connectivity index is 1.86. The molecule has 2 unspecified atom stereocenters. The van der Waals surface area contributed by atoms with Crippen LogP contribution < -0.4 is 10.6 Å². The molecule has 5 heteroatoms. The minimum absolute atomic E-state index is 0.317. The van der Waals surface area contributed by atoms with Crippen molar-refractivity contribution in [2.75, 3.05) is 26.2 Å². The zero-order valence-electron chi connectivity index (χ0n) is 16.9. The number of rotatable bonds is 8. The minimum Gasteiger partial charge on any atom is -0.373 e. The molecule has 0 spiro atoms. The summed E-state index contributed by atoms with van der Waals surface area (Å²) >= 11 is 0. The van der Waals surface area contributed by atoms with Gasteiger partial charge in [0.25, 0.3) is 0 Å². The zero-order chi connectivity index (χ0) is 18.8. The lowest BCUT2D eigenvalue weighted by Gasteiger charge is -2.35. The van der Waals surface area contributed by atoms with Gasteiger partial charge in [-0.3, -0.25) is 4.90 Å². The van der Waals surface area contributed by atoms with Crippen LogP contribution in [0.2, 0.25) is 0 Å². The van der Waals surface area contributed by atoms with Gasteiger partial charge in [-0.2, -0.15) is 0 Å². The van der Waals surface area contributed by atoms with Crippen molar-refractivity contribution in [1.29, 1.82) is 0 Å². The molecule has 5 nitrogen and oxygen atoms in total. The average Bonchev–Trinajstić information content (AvgIpc) is 2.60. The highest BCUT2D eigenvalue weighted by Crippen LogP contribution is 2.15. The molecule has 0 saturated carbocycles. The maximum atomic E-state index is 5.81. The molecule has 1 aromatic carbocycles. The number of nitrogens with zero attached hydrogens (tertiary/aromatic N) is 2. The van der Waals surface area contributed by atoms with Gasteiger partial charge in [-0.25, -0.2) is 4.99 Å². The van der Waals surface area contributed by atoms with Crippen molar-refractivity contribution in [3.05, 3.63) is 35.4 Å². The first-order valence-electron chi connectivity index (χ1n) is 10.1. The quantitative estimate of drug-likeness (QED) is 0.425. The number of benzene rings is 1. The first-order chi connectivity index (χ1) is 12.6. The van der Waals surface area contributed by atoms with Gasteiger partial charge in [0.15, 0.2) is 5.96 Å². The molecule has 1 aliphatic heterocycles. The summed E-state index contributed by atoms with van der Waals surface area (Å²) in [7, 11) is 0. The van der Waals surface area contributed by atoms with Crippen molar-refractivity contribution in [2.45, 2.75) is 65.8 Å². The molecular weight excluding hydrogens is 324 g/mol. The predicted octanol–water partition coefficient (Wildman–Crippen LogP) is 3.15. The number of guanidine groups is 1. The maximum Gasteiger partial charge on any atom is 0.191 e. The van der Waals surface area contributed by atoms with Crippen LogP contribution in [0.4, 0.5) is 0 Å². The van der Waals surface area contributed by atoms with Gasteiger partial charge in [-0.15, -0.1) is 0 Å². The predicted molar refractivity (Wildman–Crippen MR) is 109 cm³/mol. The van der Waals surface area contributed by atoms with Crippen LogP contribution in [0, 0.1) is 0 Å². The summed E-state index contributed by atoms with van der Waals surface area (Å²) in [6.07, 6.45) is 2.99. The fourth-order valence-electron chi connectivity index (χ4n) is 3.32. The average molecular weight is 361 g/mol. The van der Waals surface area contributed by atoms with Crippen molar-refractivity contribution >= 4 is 5.96 Å². The van der Waals surface area contributed by atoms with Gasteiger partial charge in [-0.05, 0) is 38.3 Å². The fourth-order valence-corrected chi connectivity index (χ4v) is 3.32. The Morgan fingerprint density at radius 2 is 1.73 bits per heavy atom. The molecule has 2 N–H and O–H groups in total. The topological polar surface area (TPSA) is 48.9 Å². The van der Waals surface area contributed by atoms with E-state index >= 15 is 0 Å². The Labute approximate surface area is 159 Å². The number of ether oxygens (including phenoxy) is 1. The van der Waals surface area contributed by atoms with Crippen LogP contribution in [0.15, 0.2) is 29.3 Å². The van der Waals surface area contributed by atoms with Crippen molar-refractivity contribution in [2.24, 2.45) is 4.99 Å². The smallest absolute Gasteiger partial charge is 0.191 e. The molecule has 1 fully saturated rings. The fraction of sp³-hybridized carbons (Fsp3) is 0.667. The van der Waals surface area contributed by atoms with Crippen LogP contribution >= 0.6 is 0 Å². The van der Waals surface area contributed by atoms with Crippen molar-refractivity contribution in [1.82, 2.24) is 15.5 Å². The molecule has 1 heterocycles. The third-order valence-electron chi connectivity index (χ3n) is 4.51. The number of hydrogen-bond acceptors (Lipinski definition) is 3. The van der Waals surface area contributed by atoms with E-state index < -0.39 is 0 Å². The molecule has 0 aliphatic carbocycles. The number of aliphatic imine (C=N–C) groups is 1. The lowest BCUT2D eigenvalue weighted by atomic mass is 10.1. The molecule has 0 bridgehead atoms. The van der Waals surface area contributed by atoms with Crippen LogP contribution in [-0.4, -0.2) is 49.2 Å². The number of nitrogens with one attached hydrogen (secondary N) is 2. The van der Waals surface area contributed by atoms with Crippen molar-refractivity contribution in [3.8, 4) is 0 Å². The number of morpholine rings is 1. The van der Waals surface area contributed by atoms with Crippen LogP contribution in [-0.2, 0) is 17.8 Å². The highest BCUT2D eigenvalue weighted by Gasteiger charge is 2.21. The van der Waals surface area contributed by atoms with E-state index in [1.54, 1.807) is 0 Å². The molecule has 2 atom stereocenters. The van der Waals surface area contributed by atoms with E-state index in [1.165, 1.54) is 17.5 Å². The summed E-state index contributed by atoms with van der Waals surface area (Å²) in [6.45, 7) is 14.2. The first-order valence-corrected chi connectivity index (χ1v) is 10.1. The molecule has 1 aliphatic rings. The van der Waals surface area contributed by atoms with Gasteiger partial charge >= 0.3 is 0 Å². The Morgan fingerprint density at radius 1 is 1.08 bits per heavy atom. The van der Waals surface area contributed by atoms with E-state index in [0.717, 1.165) is 45.1 Å². The molecule has 26 heavy (non-hydrogen) atoms. The number of hydrogen-bond donors (Lipinski definition) is 2. The lowest BCUT2D eigenvalue weighted by molar-refractivity contribution is -0.0704. The van der Waals surface area contributed by atoms with Crippen LogP contribution in [0.1, 0.15) is 51.7 Å². The van der Waals surface area contributed by atoms with Crippen molar-refractivity contribution < 1.29 is 4.74 Å². The highest BCUT2D eigenvalue weighted by atomic mass is 16.5. The summed E-state index contributed by atoms with van der Waals surface area (Å²) in [4.78, 5) is 7.17. The van der Waals surface area contributed by atoms with E-state index in [1.807, 2.05) is 0 Å². The Hall–Kier alpha value is -1.59. The van der Waals surface area contributed by atoms with E-state index in [9.17, 15) is 0 Å². The maximum absolute atomic E-state index is 5.81. The van der Waals surface area contributed by atoms with Gasteiger partial charge in [-0.1, -0.05) is 37.6 Å². The monoisotopic (exact) mass is 360 g/mol. The van der Waals surface area contributed by atoms with Gasteiger partial charge in [0.2, 0.25) is 0 Å². The Morgan fingerprint density at radius 3 is 2.35 bits per heavy atom. The summed E-state index contributed by atoms with van der Waals surface area (Å²) < 4.78 is 5.81. The normalized spacial score (nSPS) is 21.6. The second-order valence-corrected chi connectivity index (χ2v) is 7.24. The summed E-state index contributed by atoms with van der Waals surface area (Å²) in [5.74, 6) is 0.904.